The SMILES string of the molecule is Cn1c(-c2ccc(F)cc2)cnc1NC(=O)c1cnc(-c2ccc(Cl)cc2)nc1. The predicted octanol–water partition coefficient (Wildman–Crippen LogP) is 4.59. The summed E-state index contributed by atoms with van der Waals surface area (Å²) in [4.78, 5) is 25.3. The van der Waals surface area contributed by atoms with Crippen molar-refractivity contribution in [2.75, 3.05) is 5.32 Å². The Morgan fingerprint density at radius 1 is 0.931 bits per heavy atom. The summed E-state index contributed by atoms with van der Waals surface area (Å²) in [5.74, 6) is 0.156. The van der Waals surface area contributed by atoms with Gasteiger partial charge in [-0.25, -0.2) is 19.3 Å². The molecule has 0 bridgehead atoms. The molecule has 6 nitrogen and oxygen atoms in total. The van der Waals surface area contributed by atoms with Gasteiger partial charge < -0.3 is 4.57 Å². The summed E-state index contributed by atoms with van der Waals surface area (Å²) < 4.78 is 14.8. The summed E-state index contributed by atoms with van der Waals surface area (Å²) in [6.07, 6.45) is 4.52. The normalized spacial score (nSPS) is 10.7. The Labute approximate surface area is 171 Å². The van der Waals surface area contributed by atoms with E-state index in [-0.39, 0.29) is 11.7 Å². The van der Waals surface area contributed by atoms with Crippen molar-refractivity contribution in [2.45, 2.75) is 0 Å². The largest absolute Gasteiger partial charge is 0.313 e. The zero-order valence-electron chi connectivity index (χ0n) is 15.3. The molecule has 0 atom stereocenters. The molecule has 0 saturated carbocycles. The molecule has 8 heteroatoms. The second kappa shape index (κ2) is 7.81. The van der Waals surface area contributed by atoms with Gasteiger partial charge in [-0.3, -0.25) is 10.1 Å². The molecule has 0 spiro atoms. The van der Waals surface area contributed by atoms with E-state index in [4.69, 9.17) is 11.6 Å². The van der Waals surface area contributed by atoms with E-state index in [9.17, 15) is 9.18 Å². The highest BCUT2D eigenvalue weighted by molar-refractivity contribution is 6.30. The Bertz CT molecular complexity index is 1160. The van der Waals surface area contributed by atoms with Gasteiger partial charge in [-0.05, 0) is 48.5 Å². The van der Waals surface area contributed by atoms with Crippen LogP contribution in [0.1, 0.15) is 10.4 Å². The first kappa shape index (κ1) is 18.8. The maximum Gasteiger partial charge on any atom is 0.261 e. The fourth-order valence-corrected chi connectivity index (χ4v) is 2.91. The monoisotopic (exact) mass is 407 g/mol. The van der Waals surface area contributed by atoms with Crippen LogP contribution in [0.4, 0.5) is 10.3 Å². The van der Waals surface area contributed by atoms with Gasteiger partial charge in [0, 0.05) is 35.6 Å². The number of nitrogens with zero attached hydrogens (tertiary/aromatic N) is 4. The summed E-state index contributed by atoms with van der Waals surface area (Å²) in [6, 6.07) is 13.2. The molecule has 2 heterocycles. The molecule has 2 aromatic heterocycles. The minimum Gasteiger partial charge on any atom is -0.313 e. The molecule has 0 aliphatic carbocycles. The van der Waals surface area contributed by atoms with E-state index in [1.165, 1.54) is 24.5 Å². The third-order valence-corrected chi connectivity index (χ3v) is 4.62. The van der Waals surface area contributed by atoms with Crippen molar-refractivity contribution < 1.29 is 9.18 Å². The third kappa shape index (κ3) is 4.00. The number of anilines is 1. The summed E-state index contributed by atoms with van der Waals surface area (Å²) in [5, 5.41) is 3.36. The maximum absolute atomic E-state index is 13.1. The topological polar surface area (TPSA) is 72.7 Å². The van der Waals surface area contributed by atoms with E-state index >= 15 is 0 Å². The van der Waals surface area contributed by atoms with Crippen LogP contribution < -0.4 is 5.32 Å². The Kier molecular flexibility index (Phi) is 5.05. The van der Waals surface area contributed by atoms with Gasteiger partial charge >= 0.3 is 0 Å². The molecule has 0 aliphatic rings. The number of benzene rings is 2. The molecule has 0 unspecified atom stereocenters. The molecule has 0 radical (unpaired) electrons. The average Bonchev–Trinajstić information content (AvgIpc) is 3.09. The van der Waals surface area contributed by atoms with Gasteiger partial charge in [-0.2, -0.15) is 0 Å². The minimum atomic E-state index is -0.382. The second-order valence-corrected chi connectivity index (χ2v) is 6.73. The van der Waals surface area contributed by atoms with Gasteiger partial charge in [0.05, 0.1) is 17.5 Å². The first-order valence-electron chi connectivity index (χ1n) is 8.68. The molecular weight excluding hydrogens is 393 g/mol. The van der Waals surface area contributed by atoms with Crippen LogP contribution in [0.2, 0.25) is 5.02 Å². The van der Waals surface area contributed by atoms with Crippen molar-refractivity contribution in [2.24, 2.45) is 7.05 Å². The summed E-state index contributed by atoms with van der Waals surface area (Å²) in [6.45, 7) is 0. The first-order chi connectivity index (χ1) is 14.0. The number of rotatable bonds is 4. The standard InChI is InChI=1S/C21H15ClFN5O/c1-28-18(13-4-8-17(23)9-5-13)12-26-21(28)27-20(29)15-10-24-19(25-11-15)14-2-6-16(22)7-3-14/h2-12H,1H3,(H,26,27,29). The third-order valence-electron chi connectivity index (χ3n) is 4.37. The number of amides is 1. The van der Waals surface area contributed by atoms with Crippen molar-refractivity contribution in [3.8, 4) is 22.6 Å². The first-order valence-corrected chi connectivity index (χ1v) is 9.06. The molecule has 29 heavy (non-hydrogen) atoms. The van der Waals surface area contributed by atoms with E-state index < -0.39 is 0 Å². The Morgan fingerprint density at radius 2 is 1.55 bits per heavy atom. The Balaban J connectivity index is 1.51. The zero-order chi connectivity index (χ0) is 20.4. The van der Waals surface area contributed by atoms with Gasteiger partial charge in [0.25, 0.3) is 5.91 Å². The molecule has 0 saturated heterocycles. The van der Waals surface area contributed by atoms with Crippen molar-refractivity contribution in [1.82, 2.24) is 19.5 Å². The van der Waals surface area contributed by atoms with Crippen LogP contribution >= 0.6 is 11.6 Å². The van der Waals surface area contributed by atoms with Gasteiger partial charge in [0.2, 0.25) is 5.95 Å². The van der Waals surface area contributed by atoms with E-state index in [0.29, 0.717) is 22.4 Å². The van der Waals surface area contributed by atoms with Crippen molar-refractivity contribution in [3.05, 3.63) is 83.5 Å². The molecule has 0 aliphatic heterocycles. The van der Waals surface area contributed by atoms with Crippen molar-refractivity contribution in [1.29, 1.82) is 0 Å². The lowest BCUT2D eigenvalue weighted by Crippen LogP contribution is -2.16. The van der Waals surface area contributed by atoms with Gasteiger partial charge in [-0.15, -0.1) is 0 Å². The van der Waals surface area contributed by atoms with E-state index in [2.05, 4.69) is 20.3 Å². The second-order valence-electron chi connectivity index (χ2n) is 6.29. The molecule has 0 fully saturated rings. The lowest BCUT2D eigenvalue weighted by Gasteiger charge is -2.08. The molecule has 2 aromatic carbocycles. The van der Waals surface area contributed by atoms with Crippen molar-refractivity contribution >= 4 is 23.5 Å². The summed E-state index contributed by atoms with van der Waals surface area (Å²) in [7, 11) is 1.77. The average molecular weight is 408 g/mol. The lowest BCUT2D eigenvalue weighted by molar-refractivity contribution is 0.102. The van der Waals surface area contributed by atoms with Crippen LogP contribution in [-0.4, -0.2) is 25.4 Å². The minimum absolute atomic E-state index is 0.300. The number of imidazole rings is 1. The highest BCUT2D eigenvalue weighted by atomic mass is 35.5. The smallest absolute Gasteiger partial charge is 0.261 e. The van der Waals surface area contributed by atoms with Crippen LogP contribution in [-0.2, 0) is 7.05 Å². The van der Waals surface area contributed by atoms with Gasteiger partial charge in [0.15, 0.2) is 5.82 Å². The predicted molar refractivity (Wildman–Crippen MR) is 109 cm³/mol. The fourth-order valence-electron chi connectivity index (χ4n) is 2.78. The number of nitrogens with one attached hydrogen (secondary N) is 1. The highest BCUT2D eigenvalue weighted by Gasteiger charge is 2.14. The van der Waals surface area contributed by atoms with E-state index in [0.717, 1.165) is 16.8 Å². The van der Waals surface area contributed by atoms with Crippen LogP contribution in [0, 0.1) is 5.82 Å². The highest BCUT2D eigenvalue weighted by Crippen LogP contribution is 2.22. The number of carbonyl (C=O) groups excluding carboxylic acids is 1. The number of carbonyl (C=O) groups is 1. The Hall–Kier alpha value is -3.58. The van der Waals surface area contributed by atoms with Crippen LogP contribution in [0.25, 0.3) is 22.6 Å². The number of halogens is 2. The van der Waals surface area contributed by atoms with Crippen LogP contribution in [0.5, 0.6) is 0 Å². The molecule has 1 amide bonds. The van der Waals surface area contributed by atoms with E-state index in [1.807, 2.05) is 12.1 Å². The Morgan fingerprint density at radius 3 is 2.21 bits per heavy atom. The van der Waals surface area contributed by atoms with Gasteiger partial charge in [0.1, 0.15) is 5.82 Å². The number of hydrogen-bond acceptors (Lipinski definition) is 4. The number of hydrogen-bond donors (Lipinski definition) is 1. The maximum atomic E-state index is 13.1. The van der Waals surface area contributed by atoms with Crippen molar-refractivity contribution in [3.63, 3.8) is 0 Å². The molecule has 4 aromatic rings. The molecule has 1 N–H and O–H groups in total. The van der Waals surface area contributed by atoms with Gasteiger partial charge in [-0.1, -0.05) is 11.6 Å². The zero-order valence-corrected chi connectivity index (χ0v) is 16.1. The van der Waals surface area contributed by atoms with Crippen LogP contribution in [0.15, 0.2) is 67.1 Å². The van der Waals surface area contributed by atoms with Crippen LogP contribution in [0.3, 0.4) is 0 Å². The molecule has 4 rings (SSSR count). The summed E-state index contributed by atoms with van der Waals surface area (Å²) in [5.41, 5.74) is 2.63. The lowest BCUT2D eigenvalue weighted by atomic mass is 10.2. The number of aromatic nitrogens is 4. The molecule has 144 valence electrons. The fraction of sp³-hybridized carbons (Fsp3) is 0.0476. The van der Waals surface area contributed by atoms with E-state index in [1.54, 1.807) is 42.1 Å². The molecular formula is C21H15ClFN5O. The quantitative estimate of drug-likeness (QED) is 0.537. The summed E-state index contributed by atoms with van der Waals surface area (Å²) >= 11 is 5.89.